The highest BCUT2D eigenvalue weighted by atomic mass is 79.9. The van der Waals surface area contributed by atoms with Gasteiger partial charge in [0.15, 0.2) is 5.76 Å². The van der Waals surface area contributed by atoms with E-state index in [1.165, 1.54) is 42.6 Å². The van der Waals surface area contributed by atoms with Crippen molar-refractivity contribution in [1.29, 1.82) is 0 Å². The van der Waals surface area contributed by atoms with Crippen LogP contribution in [0.15, 0.2) is 98.9 Å². The minimum atomic E-state index is -0.631. The van der Waals surface area contributed by atoms with Crippen molar-refractivity contribution in [3.63, 3.8) is 0 Å². The molecule has 2 aromatic heterocycles. The van der Waals surface area contributed by atoms with Gasteiger partial charge in [0.2, 0.25) is 5.75 Å². The smallest absolute Gasteiger partial charge is 0.312 e. The van der Waals surface area contributed by atoms with Crippen LogP contribution in [0.5, 0.6) is 11.5 Å². The fraction of sp³-hybridized carbons (Fsp3) is 0.125. The van der Waals surface area contributed by atoms with Crippen LogP contribution in [0.3, 0.4) is 0 Å². The maximum Gasteiger partial charge on any atom is 0.312 e. The number of hydrazone groups is 1. The van der Waals surface area contributed by atoms with Gasteiger partial charge in [0, 0.05) is 40.8 Å². The Morgan fingerprint density at radius 1 is 0.935 bits per heavy atom. The molecule has 0 aliphatic carbocycles. The topological polar surface area (TPSA) is 164 Å². The maximum atomic E-state index is 12.6. The Hall–Kier alpha value is -5.76. The van der Waals surface area contributed by atoms with Gasteiger partial charge in [-0.25, -0.2) is 5.43 Å². The van der Waals surface area contributed by atoms with Crippen LogP contribution < -0.4 is 14.9 Å². The summed E-state index contributed by atoms with van der Waals surface area (Å²) in [5.74, 6) is 0.371. The molecule has 3 aromatic carbocycles. The van der Waals surface area contributed by atoms with Crippen molar-refractivity contribution in [2.45, 2.75) is 27.1 Å². The Morgan fingerprint density at radius 3 is 2.37 bits per heavy atom. The van der Waals surface area contributed by atoms with Gasteiger partial charge in [-0.15, -0.1) is 0 Å². The fourth-order valence-corrected chi connectivity index (χ4v) is 5.17. The van der Waals surface area contributed by atoms with Crippen molar-refractivity contribution in [3.05, 3.63) is 144 Å². The molecule has 0 radical (unpaired) electrons. The molecule has 46 heavy (non-hydrogen) atoms. The number of ether oxygens (including phenoxy) is 2. The first-order chi connectivity index (χ1) is 22.1. The first kappa shape index (κ1) is 31.7. The summed E-state index contributed by atoms with van der Waals surface area (Å²) in [6.07, 6.45) is 1.23. The number of nitrogens with one attached hydrogen (secondary N) is 1. The summed E-state index contributed by atoms with van der Waals surface area (Å²) in [5.41, 5.74) is 5.88. The van der Waals surface area contributed by atoms with E-state index in [-0.39, 0.29) is 40.6 Å². The van der Waals surface area contributed by atoms with Crippen molar-refractivity contribution in [1.82, 2.24) is 9.99 Å². The Kier molecular flexibility index (Phi) is 9.57. The molecule has 0 aliphatic rings. The fourth-order valence-electron chi connectivity index (χ4n) is 4.59. The Balaban J connectivity index is 1.17. The van der Waals surface area contributed by atoms with E-state index in [0.29, 0.717) is 22.6 Å². The predicted molar refractivity (Wildman–Crippen MR) is 172 cm³/mol. The summed E-state index contributed by atoms with van der Waals surface area (Å²) in [6, 6.07) is 23.4. The minimum Gasteiger partial charge on any atom is -0.486 e. The van der Waals surface area contributed by atoms with Crippen molar-refractivity contribution in [2.75, 3.05) is 0 Å². The van der Waals surface area contributed by atoms with E-state index in [1.807, 2.05) is 38.1 Å². The van der Waals surface area contributed by atoms with Crippen LogP contribution >= 0.6 is 15.9 Å². The second kappa shape index (κ2) is 13.9. The first-order valence-electron chi connectivity index (χ1n) is 13.7. The van der Waals surface area contributed by atoms with Gasteiger partial charge in [0.1, 0.15) is 24.7 Å². The van der Waals surface area contributed by atoms with Gasteiger partial charge in [-0.1, -0.05) is 12.1 Å². The lowest BCUT2D eigenvalue weighted by Gasteiger charge is -2.10. The summed E-state index contributed by atoms with van der Waals surface area (Å²) < 4.78 is 19.4. The lowest BCUT2D eigenvalue weighted by molar-refractivity contribution is -0.386. The number of nitro benzene ring substituents is 2. The van der Waals surface area contributed by atoms with Gasteiger partial charge >= 0.3 is 11.6 Å². The number of non-ortho nitro benzene ring substituents is 1. The molecule has 5 rings (SSSR count). The van der Waals surface area contributed by atoms with Gasteiger partial charge in [0.25, 0.3) is 5.69 Å². The number of aryl methyl sites for hydroxylation is 2. The molecule has 1 N–H and O–H groups in total. The van der Waals surface area contributed by atoms with Crippen molar-refractivity contribution < 1.29 is 28.5 Å². The van der Waals surface area contributed by atoms with E-state index < -0.39 is 15.8 Å². The number of rotatable bonds is 12. The minimum absolute atomic E-state index is 0.00159. The molecule has 1 amide bonds. The zero-order chi connectivity index (χ0) is 32.8. The highest BCUT2D eigenvalue weighted by Gasteiger charge is 2.21. The maximum absolute atomic E-state index is 12.6. The summed E-state index contributed by atoms with van der Waals surface area (Å²) in [7, 11) is 0. The van der Waals surface area contributed by atoms with Crippen LogP contribution in [-0.2, 0) is 13.2 Å². The van der Waals surface area contributed by atoms with Gasteiger partial charge in [-0.3, -0.25) is 25.0 Å². The third-order valence-corrected chi connectivity index (χ3v) is 7.35. The average Bonchev–Trinajstić information content (AvgIpc) is 3.65. The van der Waals surface area contributed by atoms with Crippen LogP contribution in [0.2, 0.25) is 0 Å². The van der Waals surface area contributed by atoms with Crippen LogP contribution in [-0.4, -0.2) is 26.5 Å². The molecule has 0 spiro atoms. The molecular formula is C32H26BrN5O8. The number of hydrogen-bond donors (Lipinski definition) is 1. The van der Waals surface area contributed by atoms with E-state index >= 15 is 0 Å². The van der Waals surface area contributed by atoms with Gasteiger partial charge in [-0.2, -0.15) is 5.10 Å². The molecule has 2 heterocycles. The van der Waals surface area contributed by atoms with Gasteiger partial charge < -0.3 is 18.5 Å². The molecule has 0 saturated heterocycles. The highest BCUT2D eigenvalue weighted by molar-refractivity contribution is 9.10. The SMILES string of the molecule is Cc1ccc(C)n1-c1ccc(OCc2ccc(C(=O)N/N=C/c3cc(Br)c(OCc4cccc([N+](=O)[O-])c4)c([N+](=O)[O-])c3)o2)cc1. The summed E-state index contributed by atoms with van der Waals surface area (Å²) in [5, 5.41) is 26.7. The number of furan rings is 1. The number of halogens is 1. The number of amides is 1. The number of benzene rings is 3. The standard InChI is InChI=1S/C32H26BrN5O8/c1-20-6-7-21(2)36(20)24-8-10-26(11-9-24)44-19-27-12-13-30(46-27)32(39)35-34-17-23-15-28(33)31(29(16-23)38(42)43)45-18-22-4-3-5-25(14-22)37(40)41/h3-17H,18-19H2,1-2H3,(H,35,39)/b34-17+. The molecule has 234 valence electrons. The third kappa shape index (κ3) is 7.47. The van der Waals surface area contributed by atoms with E-state index in [9.17, 15) is 25.0 Å². The molecule has 13 nitrogen and oxygen atoms in total. The molecule has 14 heteroatoms. The normalized spacial score (nSPS) is 11.0. The predicted octanol–water partition coefficient (Wildman–Crippen LogP) is 7.19. The lowest BCUT2D eigenvalue weighted by atomic mass is 10.2. The second-order valence-corrected chi connectivity index (χ2v) is 10.9. The second-order valence-electron chi connectivity index (χ2n) is 10.0. The van der Waals surface area contributed by atoms with Crippen molar-refractivity contribution in [3.8, 4) is 17.2 Å². The van der Waals surface area contributed by atoms with Crippen molar-refractivity contribution in [2.24, 2.45) is 5.10 Å². The van der Waals surface area contributed by atoms with E-state index in [4.69, 9.17) is 13.9 Å². The van der Waals surface area contributed by atoms with Crippen LogP contribution in [0.25, 0.3) is 5.69 Å². The number of nitro groups is 2. The van der Waals surface area contributed by atoms with Crippen molar-refractivity contribution >= 4 is 39.4 Å². The molecule has 0 saturated carbocycles. The Labute approximate surface area is 270 Å². The summed E-state index contributed by atoms with van der Waals surface area (Å²) in [6.45, 7) is 4.05. The van der Waals surface area contributed by atoms with E-state index in [1.54, 1.807) is 12.1 Å². The lowest BCUT2D eigenvalue weighted by Crippen LogP contribution is -2.16. The molecule has 0 bridgehead atoms. The van der Waals surface area contributed by atoms with Crippen LogP contribution in [0.1, 0.15) is 38.8 Å². The number of carbonyl (C=O) groups is 1. The number of carbonyl (C=O) groups excluding carboxylic acids is 1. The Morgan fingerprint density at radius 2 is 1.67 bits per heavy atom. The van der Waals surface area contributed by atoms with Gasteiger partial charge in [0.05, 0.1) is 20.5 Å². The number of aromatic nitrogens is 1. The van der Waals surface area contributed by atoms with Crippen LogP contribution in [0, 0.1) is 34.1 Å². The first-order valence-corrected chi connectivity index (χ1v) is 14.5. The van der Waals surface area contributed by atoms with E-state index in [0.717, 1.165) is 17.1 Å². The molecule has 0 atom stereocenters. The quantitative estimate of drug-likeness (QED) is 0.0818. The Bertz CT molecular complexity index is 1930. The number of hydrogen-bond acceptors (Lipinski definition) is 9. The van der Waals surface area contributed by atoms with Crippen LogP contribution in [0.4, 0.5) is 11.4 Å². The summed E-state index contributed by atoms with van der Waals surface area (Å²) in [4.78, 5) is 34.2. The molecule has 5 aromatic rings. The average molecular weight is 688 g/mol. The molecule has 0 aliphatic heterocycles. The molecule has 0 unspecified atom stereocenters. The summed E-state index contributed by atoms with van der Waals surface area (Å²) >= 11 is 3.27. The zero-order valence-corrected chi connectivity index (χ0v) is 26.1. The zero-order valence-electron chi connectivity index (χ0n) is 24.5. The number of nitrogens with zero attached hydrogens (tertiary/aromatic N) is 4. The van der Waals surface area contributed by atoms with Gasteiger partial charge in [-0.05, 0) is 89.9 Å². The monoisotopic (exact) mass is 687 g/mol. The highest BCUT2D eigenvalue weighted by Crippen LogP contribution is 2.37. The molecular weight excluding hydrogens is 662 g/mol. The molecule has 0 fully saturated rings. The van der Waals surface area contributed by atoms with E-state index in [2.05, 4.69) is 43.2 Å². The largest absolute Gasteiger partial charge is 0.486 e. The third-order valence-electron chi connectivity index (χ3n) is 6.76.